The Kier molecular flexibility index (Phi) is 8.34. The predicted molar refractivity (Wildman–Crippen MR) is 162 cm³/mol. The zero-order valence-electron chi connectivity index (χ0n) is 24.0. The number of likely N-dealkylation sites (tertiary alicyclic amines) is 1. The third kappa shape index (κ3) is 6.09. The van der Waals surface area contributed by atoms with E-state index in [9.17, 15) is 4.79 Å². The van der Waals surface area contributed by atoms with Crippen LogP contribution in [0.25, 0.3) is 16.7 Å². The number of likely N-dealkylation sites (N-methyl/N-ethyl adjacent to an activating group) is 1. The molecule has 41 heavy (non-hydrogen) atoms. The Balaban J connectivity index is 1.46. The Morgan fingerprint density at radius 1 is 1.12 bits per heavy atom. The molecule has 2 N–H and O–H groups in total. The normalized spacial score (nSPS) is 13.3. The number of benzene rings is 2. The third-order valence-electron chi connectivity index (χ3n) is 7.30. The van der Waals surface area contributed by atoms with Gasteiger partial charge in [0.05, 0.1) is 42.5 Å². The number of carbonyl (C=O) groups excluding carboxylic acids is 1. The van der Waals surface area contributed by atoms with Gasteiger partial charge in [-0.25, -0.2) is 9.67 Å². The van der Waals surface area contributed by atoms with Crippen LogP contribution in [0.5, 0.6) is 11.5 Å². The van der Waals surface area contributed by atoms with Crippen LogP contribution in [-0.4, -0.2) is 78.0 Å². The van der Waals surface area contributed by atoms with Crippen LogP contribution in [0.1, 0.15) is 18.5 Å². The van der Waals surface area contributed by atoms with Gasteiger partial charge in [-0.05, 0) is 57.1 Å². The summed E-state index contributed by atoms with van der Waals surface area (Å²) < 4.78 is 12.9. The first kappa shape index (κ1) is 27.9. The van der Waals surface area contributed by atoms with E-state index in [0.29, 0.717) is 28.9 Å². The Labute approximate surface area is 239 Å². The smallest absolute Gasteiger partial charge is 0.247 e. The molecule has 1 amide bonds. The van der Waals surface area contributed by atoms with Crippen LogP contribution in [0.15, 0.2) is 55.3 Å². The monoisotopic (exact) mass is 556 g/mol. The third-order valence-corrected chi connectivity index (χ3v) is 7.30. The first-order chi connectivity index (χ1) is 19.9. The number of aromatic nitrogens is 4. The fourth-order valence-corrected chi connectivity index (χ4v) is 5.05. The lowest BCUT2D eigenvalue weighted by atomic mass is 10.2. The minimum Gasteiger partial charge on any atom is -0.497 e. The average molecular weight is 557 g/mol. The number of hydrogen-bond donors (Lipinski definition) is 2. The maximum atomic E-state index is 12.4. The van der Waals surface area contributed by atoms with Crippen molar-refractivity contribution in [1.82, 2.24) is 24.6 Å². The first-order valence-corrected chi connectivity index (χ1v) is 13.6. The minimum atomic E-state index is -0.301. The summed E-state index contributed by atoms with van der Waals surface area (Å²) in [6.45, 7) is 9.57. The molecule has 1 aliphatic rings. The van der Waals surface area contributed by atoms with E-state index in [-0.39, 0.29) is 5.91 Å². The van der Waals surface area contributed by atoms with Crippen molar-refractivity contribution in [2.45, 2.75) is 19.8 Å². The molecule has 11 heteroatoms. The molecule has 4 aromatic rings. The number of carbonyl (C=O) groups is 1. The lowest BCUT2D eigenvalue weighted by molar-refractivity contribution is -0.111. The fourth-order valence-electron chi connectivity index (χ4n) is 5.05. The van der Waals surface area contributed by atoms with Crippen molar-refractivity contribution in [3.8, 4) is 17.3 Å². The first-order valence-electron chi connectivity index (χ1n) is 13.6. The zero-order chi connectivity index (χ0) is 28.9. The second kappa shape index (κ2) is 12.3. The molecule has 0 unspecified atom stereocenters. The lowest BCUT2D eigenvalue weighted by Crippen LogP contribution is -2.32. The molecular weight excluding hydrogens is 520 g/mol. The highest BCUT2D eigenvalue weighted by Crippen LogP contribution is 2.38. The van der Waals surface area contributed by atoms with Crippen LogP contribution in [0, 0.1) is 6.92 Å². The molecule has 1 fully saturated rings. The topological polar surface area (TPSA) is 110 Å². The molecular formula is C30H36N8O3. The number of fused-ring (bicyclic) bond motifs is 1. The summed E-state index contributed by atoms with van der Waals surface area (Å²) in [5, 5.41) is 11.9. The second-order valence-corrected chi connectivity index (χ2v) is 9.98. The maximum absolute atomic E-state index is 12.4. The second-order valence-electron chi connectivity index (χ2n) is 9.98. The summed E-state index contributed by atoms with van der Waals surface area (Å²) >= 11 is 0. The SMILES string of the molecule is C=CC(=O)Nc1cc(Nc2nccc(-n3nc(C)c4ccc(OC)cc43)n2)c(OC)cc1N(C)CCN1CCCC1. The lowest BCUT2D eigenvalue weighted by Gasteiger charge is -2.26. The van der Waals surface area contributed by atoms with Crippen molar-refractivity contribution < 1.29 is 14.3 Å². The van der Waals surface area contributed by atoms with Gasteiger partial charge in [-0.3, -0.25) is 4.79 Å². The van der Waals surface area contributed by atoms with E-state index in [4.69, 9.17) is 19.6 Å². The van der Waals surface area contributed by atoms with Crippen LogP contribution in [0.4, 0.5) is 23.0 Å². The van der Waals surface area contributed by atoms with E-state index in [1.807, 2.05) is 44.3 Å². The molecule has 0 bridgehead atoms. The number of hydrogen-bond acceptors (Lipinski definition) is 9. The van der Waals surface area contributed by atoms with Crippen molar-refractivity contribution in [3.05, 3.63) is 60.9 Å². The van der Waals surface area contributed by atoms with Crippen LogP contribution in [0.3, 0.4) is 0 Å². The van der Waals surface area contributed by atoms with E-state index in [1.165, 1.54) is 18.9 Å². The van der Waals surface area contributed by atoms with Gasteiger partial charge >= 0.3 is 0 Å². The van der Waals surface area contributed by atoms with Gasteiger partial charge in [-0.2, -0.15) is 10.1 Å². The van der Waals surface area contributed by atoms with Crippen molar-refractivity contribution >= 4 is 39.8 Å². The Bertz CT molecular complexity index is 1560. The molecule has 0 radical (unpaired) electrons. The molecule has 2 aromatic carbocycles. The van der Waals surface area contributed by atoms with Gasteiger partial charge in [-0.15, -0.1) is 0 Å². The molecule has 0 saturated carbocycles. The summed E-state index contributed by atoms with van der Waals surface area (Å²) in [7, 11) is 5.26. The van der Waals surface area contributed by atoms with Crippen molar-refractivity contribution in [2.75, 3.05) is 63.0 Å². The largest absolute Gasteiger partial charge is 0.497 e. The van der Waals surface area contributed by atoms with E-state index >= 15 is 0 Å². The summed E-state index contributed by atoms with van der Waals surface area (Å²) in [6, 6.07) is 11.4. The molecule has 0 atom stereocenters. The van der Waals surface area contributed by atoms with Gasteiger partial charge in [0.15, 0.2) is 5.82 Å². The molecule has 1 saturated heterocycles. The van der Waals surface area contributed by atoms with Crippen molar-refractivity contribution in [3.63, 3.8) is 0 Å². The van der Waals surface area contributed by atoms with Crippen molar-refractivity contribution in [2.24, 2.45) is 0 Å². The minimum absolute atomic E-state index is 0.301. The van der Waals surface area contributed by atoms with E-state index < -0.39 is 0 Å². The number of nitrogens with one attached hydrogen (secondary N) is 2. The summed E-state index contributed by atoms with van der Waals surface area (Å²) in [4.78, 5) is 26.1. The molecule has 11 nitrogen and oxygen atoms in total. The highest BCUT2D eigenvalue weighted by atomic mass is 16.5. The molecule has 214 valence electrons. The predicted octanol–water partition coefficient (Wildman–Crippen LogP) is 4.54. The average Bonchev–Trinajstić information content (AvgIpc) is 3.63. The van der Waals surface area contributed by atoms with E-state index in [2.05, 4.69) is 32.0 Å². The van der Waals surface area contributed by atoms with Gasteiger partial charge < -0.3 is 29.9 Å². The number of methoxy groups -OCH3 is 2. The van der Waals surface area contributed by atoms with Crippen LogP contribution >= 0.6 is 0 Å². The van der Waals surface area contributed by atoms with E-state index in [1.54, 1.807) is 31.2 Å². The quantitative estimate of drug-likeness (QED) is 0.257. The number of aryl methyl sites for hydroxylation is 1. The Morgan fingerprint density at radius 2 is 1.93 bits per heavy atom. The van der Waals surface area contributed by atoms with Crippen LogP contribution < -0.4 is 25.0 Å². The van der Waals surface area contributed by atoms with Gasteiger partial charge in [0, 0.05) is 49.9 Å². The number of rotatable bonds is 11. The standard InChI is InChI=1S/C30H36N8O3/c1-6-29(39)32-23-18-24(27(41-5)19-26(23)36(3)15-16-37-13-7-8-14-37)33-30-31-12-11-28(34-30)38-25-17-21(40-4)9-10-22(25)20(2)35-38/h6,9-12,17-19H,1,7-8,13-16H2,2-5H3,(H,32,39)(H,31,33,34). The summed E-state index contributed by atoms with van der Waals surface area (Å²) in [6.07, 6.45) is 5.41. The molecule has 5 rings (SSSR count). The maximum Gasteiger partial charge on any atom is 0.247 e. The number of anilines is 4. The van der Waals surface area contributed by atoms with Crippen molar-refractivity contribution in [1.29, 1.82) is 0 Å². The summed E-state index contributed by atoms with van der Waals surface area (Å²) in [5.74, 6) is 1.96. The van der Waals surface area contributed by atoms with Crippen LogP contribution in [-0.2, 0) is 4.79 Å². The molecule has 0 aliphatic carbocycles. The Morgan fingerprint density at radius 3 is 2.66 bits per heavy atom. The zero-order valence-corrected chi connectivity index (χ0v) is 24.0. The van der Waals surface area contributed by atoms with Crippen LogP contribution in [0.2, 0.25) is 0 Å². The summed E-state index contributed by atoms with van der Waals surface area (Å²) in [5.41, 5.74) is 3.82. The van der Waals surface area contributed by atoms with E-state index in [0.717, 1.165) is 54.2 Å². The highest BCUT2D eigenvalue weighted by molar-refractivity contribution is 6.02. The number of nitrogens with zero attached hydrogens (tertiary/aromatic N) is 6. The molecule has 2 aromatic heterocycles. The van der Waals surface area contributed by atoms with Gasteiger partial charge in [-0.1, -0.05) is 6.58 Å². The molecule has 3 heterocycles. The Hall–Kier alpha value is -4.64. The number of ether oxygens (including phenoxy) is 2. The van der Waals surface area contributed by atoms with Gasteiger partial charge in [0.1, 0.15) is 11.5 Å². The molecule has 1 aliphatic heterocycles. The number of amides is 1. The fraction of sp³-hybridized carbons (Fsp3) is 0.333. The molecule has 0 spiro atoms. The van der Waals surface area contributed by atoms with Gasteiger partial charge in [0.2, 0.25) is 11.9 Å². The highest BCUT2D eigenvalue weighted by Gasteiger charge is 2.19. The van der Waals surface area contributed by atoms with Gasteiger partial charge in [0.25, 0.3) is 0 Å².